The molecule has 2 aromatic heterocycles. The van der Waals surface area contributed by atoms with Gasteiger partial charge in [-0.2, -0.15) is 5.10 Å². The Kier molecular flexibility index (Phi) is 1.95. The third-order valence-electron chi connectivity index (χ3n) is 2.53. The van der Waals surface area contributed by atoms with Gasteiger partial charge in [0.25, 0.3) is 0 Å². The van der Waals surface area contributed by atoms with Gasteiger partial charge < -0.3 is 0 Å². The molecule has 0 aliphatic rings. The zero-order valence-corrected chi connectivity index (χ0v) is 9.29. The molecule has 0 atom stereocenters. The Morgan fingerprint density at radius 1 is 1.40 bits per heavy atom. The summed E-state index contributed by atoms with van der Waals surface area (Å²) in [5.41, 5.74) is 2.59. The summed E-state index contributed by atoms with van der Waals surface area (Å²) >= 11 is 1.72. The van der Waals surface area contributed by atoms with Crippen molar-refractivity contribution in [2.45, 2.75) is 19.8 Å². The van der Waals surface area contributed by atoms with Gasteiger partial charge in [0.1, 0.15) is 6.33 Å². The first-order chi connectivity index (χ1) is 7.40. The first-order valence-corrected chi connectivity index (χ1v) is 5.92. The number of benzene rings is 1. The molecule has 0 saturated heterocycles. The van der Waals surface area contributed by atoms with E-state index in [2.05, 4.69) is 35.2 Å². The van der Waals surface area contributed by atoms with E-state index in [1.54, 1.807) is 17.7 Å². The Bertz CT molecular complexity index is 608. The largest absolute Gasteiger partial charge is 0.213 e. The first kappa shape index (κ1) is 8.85. The molecule has 0 radical (unpaired) electrons. The molecular weight excluding hydrogens is 206 g/mol. The molecule has 0 amide bonds. The lowest BCUT2D eigenvalue weighted by molar-refractivity contribution is 0.929. The van der Waals surface area contributed by atoms with Crippen LogP contribution in [0.3, 0.4) is 0 Å². The number of aromatic nitrogens is 3. The van der Waals surface area contributed by atoms with E-state index < -0.39 is 0 Å². The van der Waals surface area contributed by atoms with Crippen LogP contribution in [-0.2, 0) is 6.42 Å². The molecule has 4 heteroatoms. The summed E-state index contributed by atoms with van der Waals surface area (Å²) in [6.07, 6.45) is 3.91. The predicted molar refractivity (Wildman–Crippen MR) is 62.4 cm³/mol. The summed E-state index contributed by atoms with van der Waals surface area (Å²) in [6, 6.07) is 6.40. The fourth-order valence-electron chi connectivity index (χ4n) is 1.88. The van der Waals surface area contributed by atoms with Gasteiger partial charge in [0.2, 0.25) is 4.96 Å². The van der Waals surface area contributed by atoms with Crippen molar-refractivity contribution in [3.05, 3.63) is 30.1 Å². The molecule has 0 aliphatic heterocycles. The average molecular weight is 217 g/mol. The van der Waals surface area contributed by atoms with Crippen LogP contribution in [-0.4, -0.2) is 14.6 Å². The zero-order chi connectivity index (χ0) is 10.3. The van der Waals surface area contributed by atoms with Gasteiger partial charge in [-0.1, -0.05) is 36.8 Å². The summed E-state index contributed by atoms with van der Waals surface area (Å²) in [6.45, 7) is 2.20. The van der Waals surface area contributed by atoms with Crippen molar-refractivity contribution in [3.63, 3.8) is 0 Å². The summed E-state index contributed by atoms with van der Waals surface area (Å²) in [5, 5.41) is 4.22. The molecule has 0 N–H and O–H groups in total. The first-order valence-electron chi connectivity index (χ1n) is 5.10. The summed E-state index contributed by atoms with van der Waals surface area (Å²) < 4.78 is 3.24. The molecule has 3 rings (SSSR count). The monoisotopic (exact) mass is 217 g/mol. The normalized spacial score (nSPS) is 11.5. The number of fused-ring (bicyclic) bond motifs is 3. The van der Waals surface area contributed by atoms with Gasteiger partial charge in [-0.3, -0.25) is 0 Å². The molecule has 0 fully saturated rings. The fraction of sp³-hybridized carbons (Fsp3) is 0.273. The average Bonchev–Trinajstić information content (AvgIpc) is 2.79. The molecule has 1 aromatic carbocycles. The van der Waals surface area contributed by atoms with Gasteiger partial charge in [-0.25, -0.2) is 9.50 Å². The van der Waals surface area contributed by atoms with Crippen LogP contribution in [0.5, 0.6) is 0 Å². The molecule has 0 unspecified atom stereocenters. The van der Waals surface area contributed by atoms with Gasteiger partial charge in [0, 0.05) is 0 Å². The Morgan fingerprint density at radius 2 is 2.33 bits per heavy atom. The minimum Gasteiger partial charge on any atom is -0.206 e. The molecule has 76 valence electrons. The van der Waals surface area contributed by atoms with Crippen LogP contribution >= 0.6 is 11.3 Å². The Labute approximate surface area is 91.4 Å². The van der Waals surface area contributed by atoms with Crippen LogP contribution in [0.25, 0.3) is 15.2 Å². The third kappa shape index (κ3) is 1.25. The second-order valence-electron chi connectivity index (χ2n) is 3.57. The van der Waals surface area contributed by atoms with Crippen molar-refractivity contribution in [1.82, 2.24) is 14.6 Å². The topological polar surface area (TPSA) is 30.2 Å². The number of hydrogen-bond acceptors (Lipinski definition) is 3. The summed E-state index contributed by atoms with van der Waals surface area (Å²) in [5.74, 6) is 0. The molecule has 15 heavy (non-hydrogen) atoms. The molecule has 3 nitrogen and oxygen atoms in total. The lowest BCUT2D eigenvalue weighted by Crippen LogP contribution is -1.86. The van der Waals surface area contributed by atoms with Crippen molar-refractivity contribution >= 4 is 26.5 Å². The van der Waals surface area contributed by atoms with E-state index in [0.29, 0.717) is 0 Å². The van der Waals surface area contributed by atoms with Crippen LogP contribution in [0.15, 0.2) is 24.5 Å². The van der Waals surface area contributed by atoms with E-state index in [4.69, 9.17) is 0 Å². The van der Waals surface area contributed by atoms with Crippen molar-refractivity contribution in [2.75, 3.05) is 0 Å². The summed E-state index contributed by atoms with van der Waals surface area (Å²) in [7, 11) is 0. The quantitative estimate of drug-likeness (QED) is 0.660. The number of rotatable bonds is 2. The van der Waals surface area contributed by atoms with E-state index in [1.165, 1.54) is 22.2 Å². The highest BCUT2D eigenvalue weighted by Gasteiger charge is 2.08. The van der Waals surface area contributed by atoms with Gasteiger partial charge in [0.15, 0.2) is 0 Å². The van der Waals surface area contributed by atoms with E-state index in [9.17, 15) is 0 Å². The lowest BCUT2D eigenvalue weighted by atomic mass is 10.1. The van der Waals surface area contributed by atoms with Gasteiger partial charge in [-0.15, -0.1) is 0 Å². The van der Waals surface area contributed by atoms with Gasteiger partial charge in [-0.05, 0) is 18.1 Å². The highest BCUT2D eigenvalue weighted by Crippen LogP contribution is 2.28. The van der Waals surface area contributed by atoms with Crippen LogP contribution in [0.1, 0.15) is 18.9 Å². The maximum atomic E-state index is 4.23. The highest BCUT2D eigenvalue weighted by atomic mass is 32.1. The second-order valence-corrected chi connectivity index (χ2v) is 4.55. The number of nitrogens with zero attached hydrogens (tertiary/aromatic N) is 3. The fourth-order valence-corrected chi connectivity index (χ4v) is 2.95. The van der Waals surface area contributed by atoms with E-state index in [0.717, 1.165) is 11.4 Å². The van der Waals surface area contributed by atoms with Crippen molar-refractivity contribution in [2.24, 2.45) is 0 Å². The minimum absolute atomic E-state index is 0.980. The Hall–Kier alpha value is -1.42. The smallest absolute Gasteiger partial charge is 0.206 e. The number of thiazole rings is 1. The maximum Gasteiger partial charge on any atom is 0.213 e. The SMILES string of the molecule is CCCc1cccc2c1sc1ncnn12. The van der Waals surface area contributed by atoms with E-state index in [1.807, 2.05) is 4.52 Å². The van der Waals surface area contributed by atoms with E-state index >= 15 is 0 Å². The van der Waals surface area contributed by atoms with Gasteiger partial charge in [0.05, 0.1) is 10.2 Å². The standard InChI is InChI=1S/C11H11N3S/c1-2-4-8-5-3-6-9-10(8)15-11-12-7-13-14(9)11/h3,5-7H,2,4H2,1H3. The van der Waals surface area contributed by atoms with Gasteiger partial charge >= 0.3 is 0 Å². The Balaban J connectivity index is 2.38. The molecular formula is C11H11N3S. The molecule has 0 bridgehead atoms. The number of hydrogen-bond donors (Lipinski definition) is 0. The number of aryl methyl sites for hydroxylation is 1. The third-order valence-corrected chi connectivity index (χ3v) is 3.67. The lowest BCUT2D eigenvalue weighted by Gasteiger charge is -1.99. The highest BCUT2D eigenvalue weighted by molar-refractivity contribution is 7.23. The van der Waals surface area contributed by atoms with Crippen LogP contribution in [0.2, 0.25) is 0 Å². The molecule has 0 saturated carbocycles. The molecule has 2 heterocycles. The minimum atomic E-state index is 0.980. The second kappa shape index (κ2) is 3.31. The molecule has 0 aliphatic carbocycles. The molecule has 3 aromatic rings. The van der Waals surface area contributed by atoms with Crippen molar-refractivity contribution in [3.8, 4) is 0 Å². The summed E-state index contributed by atoms with van der Waals surface area (Å²) in [4.78, 5) is 5.21. The van der Waals surface area contributed by atoms with Crippen molar-refractivity contribution in [1.29, 1.82) is 0 Å². The maximum absolute atomic E-state index is 4.23. The van der Waals surface area contributed by atoms with Crippen molar-refractivity contribution < 1.29 is 0 Å². The zero-order valence-electron chi connectivity index (χ0n) is 8.47. The predicted octanol–water partition coefficient (Wildman–Crippen LogP) is 2.90. The van der Waals surface area contributed by atoms with Crippen LogP contribution in [0, 0.1) is 0 Å². The van der Waals surface area contributed by atoms with E-state index in [-0.39, 0.29) is 0 Å². The molecule has 0 spiro atoms. The Morgan fingerprint density at radius 3 is 3.20 bits per heavy atom. The van der Waals surface area contributed by atoms with Crippen LogP contribution < -0.4 is 0 Å². The van der Waals surface area contributed by atoms with Crippen LogP contribution in [0.4, 0.5) is 0 Å².